The molecule has 2 aromatic rings. The Balaban J connectivity index is 2.30. The Morgan fingerprint density at radius 3 is 1.50 bits per heavy atom. The molecule has 0 atom stereocenters. The van der Waals surface area contributed by atoms with Crippen LogP contribution in [0, 0.1) is 11.8 Å². The average Bonchev–Trinajstić information content (AvgIpc) is 2.35. The quantitative estimate of drug-likeness (QED) is 0.465. The molecule has 20 heavy (non-hydrogen) atoms. The molecular formula is C14H9F5S. The van der Waals surface area contributed by atoms with Gasteiger partial charge in [-0.2, -0.15) is 0 Å². The standard InChI is InChI=1S/C14H9F5S/c15-20(16,17,18,19)14-10-8-13(9-11-14)7-6-12-4-2-1-3-5-12/h1-5,8-11H. The van der Waals surface area contributed by atoms with Gasteiger partial charge in [0.05, 0.1) is 0 Å². The Labute approximate surface area is 113 Å². The van der Waals surface area contributed by atoms with Crippen LogP contribution in [0.25, 0.3) is 0 Å². The highest BCUT2D eigenvalue weighted by Gasteiger charge is 2.65. The van der Waals surface area contributed by atoms with Gasteiger partial charge in [-0.25, -0.2) is 0 Å². The molecule has 0 aliphatic carbocycles. The summed E-state index contributed by atoms with van der Waals surface area (Å²) in [5.41, 5.74) is 0.920. The molecule has 0 bridgehead atoms. The van der Waals surface area contributed by atoms with Crippen molar-refractivity contribution in [2.75, 3.05) is 0 Å². The monoisotopic (exact) mass is 304 g/mol. The molecule has 0 aromatic heterocycles. The van der Waals surface area contributed by atoms with Gasteiger partial charge in [-0.1, -0.05) is 49.5 Å². The van der Waals surface area contributed by atoms with Crippen molar-refractivity contribution >= 4 is 10.2 Å². The van der Waals surface area contributed by atoms with E-state index >= 15 is 0 Å². The summed E-state index contributed by atoms with van der Waals surface area (Å²) in [6.45, 7) is 0. The minimum Gasteiger partial charge on any atom is -0.0936 e. The van der Waals surface area contributed by atoms with Crippen molar-refractivity contribution < 1.29 is 19.4 Å². The highest BCUT2D eigenvalue weighted by atomic mass is 32.5. The maximum absolute atomic E-state index is 12.5. The van der Waals surface area contributed by atoms with Crippen LogP contribution in [-0.4, -0.2) is 0 Å². The minimum atomic E-state index is -9.59. The second-order valence-corrected chi connectivity index (χ2v) is 6.52. The molecule has 0 N–H and O–H groups in total. The number of rotatable bonds is 1. The predicted octanol–water partition coefficient (Wildman–Crippen LogP) is 5.74. The fraction of sp³-hybridized carbons (Fsp3) is 0. The third-order valence-electron chi connectivity index (χ3n) is 2.42. The van der Waals surface area contributed by atoms with Crippen molar-refractivity contribution in [1.82, 2.24) is 0 Å². The Morgan fingerprint density at radius 1 is 0.600 bits per heavy atom. The molecule has 0 saturated carbocycles. The Kier molecular flexibility index (Phi) is 2.88. The third kappa shape index (κ3) is 3.75. The van der Waals surface area contributed by atoms with Crippen LogP contribution in [0.2, 0.25) is 0 Å². The fourth-order valence-corrected chi connectivity index (χ4v) is 2.11. The van der Waals surface area contributed by atoms with Crippen molar-refractivity contribution in [3.63, 3.8) is 0 Å². The van der Waals surface area contributed by atoms with Crippen molar-refractivity contribution in [2.45, 2.75) is 4.90 Å². The molecule has 0 heterocycles. The summed E-state index contributed by atoms with van der Waals surface area (Å²) in [7, 11) is -9.59. The van der Waals surface area contributed by atoms with Gasteiger partial charge in [-0.15, -0.1) is 0 Å². The van der Waals surface area contributed by atoms with E-state index in [9.17, 15) is 19.4 Å². The van der Waals surface area contributed by atoms with E-state index in [1.54, 1.807) is 30.3 Å². The number of hydrogen-bond acceptors (Lipinski definition) is 0. The minimum absolute atomic E-state index is 0.236. The van der Waals surface area contributed by atoms with Crippen LogP contribution < -0.4 is 0 Å². The molecule has 0 nitrogen and oxygen atoms in total. The highest BCUT2D eigenvalue weighted by Crippen LogP contribution is 3.02. The van der Waals surface area contributed by atoms with E-state index in [0.29, 0.717) is 17.7 Å². The van der Waals surface area contributed by atoms with Gasteiger partial charge in [-0.05, 0) is 36.4 Å². The zero-order valence-electron chi connectivity index (χ0n) is 9.99. The first-order valence-electron chi connectivity index (χ1n) is 5.46. The SMILES string of the molecule is FS(F)(F)(F)(F)c1ccc(C#Cc2ccccc2)cc1. The van der Waals surface area contributed by atoms with Gasteiger partial charge >= 0.3 is 10.2 Å². The van der Waals surface area contributed by atoms with E-state index in [-0.39, 0.29) is 5.56 Å². The second kappa shape index (κ2) is 4.00. The highest BCUT2D eigenvalue weighted by molar-refractivity contribution is 8.45. The first kappa shape index (κ1) is 14.4. The zero-order chi connectivity index (χ0) is 14.9. The number of halogens is 5. The first-order valence-corrected chi connectivity index (χ1v) is 7.41. The molecule has 0 unspecified atom stereocenters. The normalized spacial score (nSPS) is 14.7. The smallest absolute Gasteiger partial charge is 0.0936 e. The lowest BCUT2D eigenvalue weighted by molar-refractivity contribution is 0.364. The molecule has 0 saturated heterocycles. The molecule has 6 heteroatoms. The van der Waals surface area contributed by atoms with Gasteiger partial charge in [0.2, 0.25) is 0 Å². The first-order chi connectivity index (χ1) is 9.04. The summed E-state index contributed by atoms with van der Waals surface area (Å²) >= 11 is 0. The molecule has 2 aromatic carbocycles. The third-order valence-corrected chi connectivity index (χ3v) is 3.59. The number of benzene rings is 2. The van der Waals surface area contributed by atoms with Crippen LogP contribution >= 0.6 is 10.2 Å². The molecule has 0 spiro atoms. The van der Waals surface area contributed by atoms with Gasteiger partial charge < -0.3 is 0 Å². The lowest BCUT2D eigenvalue weighted by atomic mass is 10.2. The van der Waals surface area contributed by atoms with Crippen molar-refractivity contribution in [1.29, 1.82) is 0 Å². The van der Waals surface area contributed by atoms with Gasteiger partial charge in [0, 0.05) is 11.1 Å². The predicted molar refractivity (Wildman–Crippen MR) is 70.3 cm³/mol. The molecular weight excluding hydrogens is 295 g/mol. The largest absolute Gasteiger partial charge is 0.310 e. The van der Waals surface area contributed by atoms with Crippen molar-refractivity contribution in [2.24, 2.45) is 0 Å². The van der Waals surface area contributed by atoms with E-state index in [0.717, 1.165) is 12.1 Å². The summed E-state index contributed by atoms with van der Waals surface area (Å²) in [6, 6.07) is 11.4. The van der Waals surface area contributed by atoms with E-state index in [1.165, 1.54) is 0 Å². The zero-order valence-corrected chi connectivity index (χ0v) is 10.8. The molecule has 0 fully saturated rings. The number of hydrogen-bond donors (Lipinski definition) is 0. The van der Waals surface area contributed by atoms with Gasteiger partial charge in [0.1, 0.15) is 4.90 Å². The van der Waals surface area contributed by atoms with Gasteiger partial charge in [0.15, 0.2) is 0 Å². The maximum Gasteiger partial charge on any atom is 0.310 e. The van der Waals surface area contributed by atoms with Crippen LogP contribution in [0.5, 0.6) is 0 Å². The van der Waals surface area contributed by atoms with Crippen LogP contribution in [0.3, 0.4) is 0 Å². The van der Waals surface area contributed by atoms with Gasteiger partial charge in [0.25, 0.3) is 0 Å². The Hall–Kier alpha value is -2.00. The lowest BCUT2D eigenvalue weighted by Crippen LogP contribution is -2.05. The molecule has 2 rings (SSSR count). The van der Waals surface area contributed by atoms with E-state index in [2.05, 4.69) is 11.8 Å². The molecule has 0 amide bonds. The average molecular weight is 304 g/mol. The Bertz CT molecular complexity index is 676. The molecule has 106 valence electrons. The molecule has 0 aliphatic heterocycles. The van der Waals surface area contributed by atoms with E-state index < -0.39 is 15.1 Å². The van der Waals surface area contributed by atoms with E-state index in [4.69, 9.17) is 0 Å². The van der Waals surface area contributed by atoms with Crippen molar-refractivity contribution in [3.05, 3.63) is 65.7 Å². The topological polar surface area (TPSA) is 0 Å². The Morgan fingerprint density at radius 2 is 1.05 bits per heavy atom. The van der Waals surface area contributed by atoms with Crippen molar-refractivity contribution in [3.8, 4) is 11.8 Å². The maximum atomic E-state index is 12.5. The fourth-order valence-electron chi connectivity index (χ4n) is 1.46. The summed E-state index contributed by atoms with van der Waals surface area (Å²) in [6.07, 6.45) is 0. The molecule has 0 radical (unpaired) electrons. The summed E-state index contributed by atoms with van der Waals surface area (Å²) < 4.78 is 62.5. The van der Waals surface area contributed by atoms with Crippen LogP contribution in [0.15, 0.2) is 59.5 Å². The summed E-state index contributed by atoms with van der Waals surface area (Å²) in [4.78, 5) is -1.91. The van der Waals surface area contributed by atoms with Crippen LogP contribution in [-0.2, 0) is 0 Å². The summed E-state index contributed by atoms with van der Waals surface area (Å²) in [5, 5.41) is 0. The lowest BCUT2D eigenvalue weighted by Gasteiger charge is -2.40. The van der Waals surface area contributed by atoms with Crippen LogP contribution in [0.4, 0.5) is 19.4 Å². The van der Waals surface area contributed by atoms with Gasteiger partial charge in [-0.3, -0.25) is 0 Å². The summed E-state index contributed by atoms with van der Waals surface area (Å²) in [5.74, 6) is 5.34. The van der Waals surface area contributed by atoms with Crippen LogP contribution in [0.1, 0.15) is 11.1 Å². The van der Waals surface area contributed by atoms with E-state index in [1.807, 2.05) is 0 Å². The molecule has 0 aliphatic rings. The second-order valence-electron chi connectivity index (χ2n) is 4.11.